The number of nitrogens with zero attached hydrogens (tertiary/aromatic N) is 3. The molecule has 0 aliphatic carbocycles. The van der Waals surface area contributed by atoms with Crippen LogP contribution in [-0.4, -0.2) is 38.4 Å². The highest BCUT2D eigenvalue weighted by Crippen LogP contribution is 2.26. The van der Waals surface area contributed by atoms with Gasteiger partial charge in [0.2, 0.25) is 11.9 Å². The Bertz CT molecular complexity index is 1180. The lowest BCUT2D eigenvalue weighted by Crippen LogP contribution is -2.16. The Hall–Kier alpha value is -4.01. The average Bonchev–Trinajstić information content (AvgIpc) is 3.36. The van der Waals surface area contributed by atoms with Crippen LogP contribution in [0.15, 0.2) is 48.5 Å². The summed E-state index contributed by atoms with van der Waals surface area (Å²) < 4.78 is 18.2. The number of H-pyrrole nitrogens is 2. The molecule has 0 aliphatic heterocycles. The van der Waals surface area contributed by atoms with Crippen molar-refractivity contribution in [3.63, 3.8) is 0 Å². The van der Waals surface area contributed by atoms with Crippen molar-refractivity contribution < 1.29 is 13.9 Å². The number of methoxy groups -OCH3 is 1. The van der Waals surface area contributed by atoms with Crippen molar-refractivity contribution in [3.8, 4) is 17.0 Å². The fourth-order valence-electron chi connectivity index (χ4n) is 3.21. The Morgan fingerprint density at radius 2 is 1.81 bits per heavy atom. The molecule has 0 atom stereocenters. The molecule has 0 fully saturated rings. The van der Waals surface area contributed by atoms with E-state index in [0.29, 0.717) is 17.9 Å². The number of hydrogen-bond donors (Lipinski definition) is 3. The number of benzene rings is 2. The summed E-state index contributed by atoms with van der Waals surface area (Å²) in [7, 11) is 1.61. The molecule has 0 spiro atoms. The van der Waals surface area contributed by atoms with Gasteiger partial charge in [0.25, 0.3) is 0 Å². The molecular weight excluding hydrogens is 399 g/mol. The number of aromatic nitrogens is 5. The molecule has 158 valence electrons. The first-order valence-electron chi connectivity index (χ1n) is 9.65. The molecule has 0 radical (unpaired) electrons. The molecule has 0 saturated carbocycles. The summed E-state index contributed by atoms with van der Waals surface area (Å²) in [5, 5.41) is 16.8. The minimum atomic E-state index is -0.294. The molecule has 2 heterocycles. The monoisotopic (exact) mass is 420 g/mol. The van der Waals surface area contributed by atoms with E-state index in [1.165, 1.54) is 12.1 Å². The van der Waals surface area contributed by atoms with Gasteiger partial charge in [0.05, 0.1) is 19.2 Å². The summed E-state index contributed by atoms with van der Waals surface area (Å²) in [5.41, 5.74) is 4.08. The highest BCUT2D eigenvalue weighted by Gasteiger charge is 2.17. The molecule has 0 aliphatic rings. The van der Waals surface area contributed by atoms with E-state index in [4.69, 9.17) is 4.74 Å². The number of carbonyl (C=O) groups excluding carboxylic acids is 1. The minimum absolute atomic E-state index is 0.117. The number of ether oxygens (including phenoxy) is 1. The number of aromatic amines is 2. The Kier molecular flexibility index (Phi) is 5.74. The molecule has 8 nitrogen and oxygen atoms in total. The third-order valence-electron chi connectivity index (χ3n) is 4.84. The number of amides is 1. The molecule has 0 bridgehead atoms. The quantitative estimate of drug-likeness (QED) is 0.425. The average molecular weight is 420 g/mol. The topological polar surface area (TPSA) is 109 Å². The maximum Gasteiger partial charge on any atom is 0.248 e. The van der Waals surface area contributed by atoms with Gasteiger partial charge in [-0.25, -0.2) is 4.39 Å². The van der Waals surface area contributed by atoms with Crippen molar-refractivity contribution in [1.29, 1.82) is 0 Å². The second-order valence-corrected chi connectivity index (χ2v) is 7.04. The van der Waals surface area contributed by atoms with Crippen LogP contribution >= 0.6 is 0 Å². The Morgan fingerprint density at radius 3 is 2.52 bits per heavy atom. The van der Waals surface area contributed by atoms with Gasteiger partial charge in [-0.05, 0) is 48.9 Å². The number of carbonyl (C=O) groups is 1. The number of hydrogen-bond acceptors (Lipinski definition) is 5. The van der Waals surface area contributed by atoms with Crippen LogP contribution in [0.2, 0.25) is 0 Å². The van der Waals surface area contributed by atoms with Gasteiger partial charge in [-0.1, -0.05) is 12.1 Å². The van der Waals surface area contributed by atoms with Crippen LogP contribution in [0.1, 0.15) is 22.6 Å². The molecule has 31 heavy (non-hydrogen) atoms. The zero-order chi connectivity index (χ0) is 21.8. The molecule has 0 saturated heterocycles. The number of halogens is 1. The molecule has 3 N–H and O–H groups in total. The van der Waals surface area contributed by atoms with Crippen molar-refractivity contribution in [1.82, 2.24) is 25.4 Å². The van der Waals surface area contributed by atoms with Crippen LogP contribution in [0.25, 0.3) is 11.3 Å². The van der Waals surface area contributed by atoms with Gasteiger partial charge in [-0.15, -0.1) is 5.10 Å². The lowest BCUT2D eigenvalue weighted by molar-refractivity contribution is -0.115. The third-order valence-corrected chi connectivity index (χ3v) is 4.84. The van der Waals surface area contributed by atoms with Gasteiger partial charge in [0.1, 0.15) is 17.4 Å². The van der Waals surface area contributed by atoms with Crippen molar-refractivity contribution in [2.75, 3.05) is 12.4 Å². The summed E-state index contributed by atoms with van der Waals surface area (Å²) in [5.74, 6) is 0.954. The van der Waals surface area contributed by atoms with Crippen molar-refractivity contribution in [2.45, 2.75) is 19.8 Å². The van der Waals surface area contributed by atoms with E-state index in [2.05, 4.69) is 30.7 Å². The Balaban J connectivity index is 1.43. The van der Waals surface area contributed by atoms with Gasteiger partial charge in [0, 0.05) is 23.2 Å². The summed E-state index contributed by atoms with van der Waals surface area (Å²) >= 11 is 0. The number of rotatable bonds is 7. The minimum Gasteiger partial charge on any atom is -0.497 e. The lowest BCUT2D eigenvalue weighted by atomic mass is 10.0. The first kappa shape index (κ1) is 20.3. The number of nitrogens with one attached hydrogen (secondary N) is 3. The van der Waals surface area contributed by atoms with Crippen LogP contribution in [0.4, 0.5) is 10.3 Å². The zero-order valence-electron chi connectivity index (χ0n) is 17.1. The van der Waals surface area contributed by atoms with Crippen LogP contribution < -0.4 is 10.1 Å². The van der Waals surface area contributed by atoms with Gasteiger partial charge >= 0.3 is 0 Å². The van der Waals surface area contributed by atoms with Crippen molar-refractivity contribution in [3.05, 3.63) is 77.0 Å². The van der Waals surface area contributed by atoms with Gasteiger partial charge < -0.3 is 4.74 Å². The smallest absolute Gasteiger partial charge is 0.248 e. The molecule has 0 unspecified atom stereocenters. The molecular formula is C22H21FN6O2. The van der Waals surface area contributed by atoms with E-state index in [9.17, 15) is 9.18 Å². The second-order valence-electron chi connectivity index (χ2n) is 7.04. The van der Waals surface area contributed by atoms with E-state index in [1.807, 2.05) is 31.2 Å². The summed E-state index contributed by atoms with van der Waals surface area (Å²) in [4.78, 5) is 16.9. The first-order valence-corrected chi connectivity index (χ1v) is 9.65. The molecule has 4 aromatic rings. The van der Waals surface area contributed by atoms with E-state index in [1.54, 1.807) is 19.2 Å². The molecule has 2 aromatic carbocycles. The summed E-state index contributed by atoms with van der Waals surface area (Å²) in [6, 6.07) is 13.6. The normalized spacial score (nSPS) is 10.8. The Morgan fingerprint density at radius 1 is 1.06 bits per heavy atom. The standard InChI is InChI=1S/C22H21FN6O2/c1-13-18(21(28-26-13)15-5-9-17(31-2)10-6-15)12-20(30)25-22-24-19(27-29-22)11-14-3-7-16(23)8-4-14/h3-10H,11-12H2,1-2H3,(H,26,28)(H2,24,25,27,29,30). The van der Waals surface area contributed by atoms with Crippen molar-refractivity contribution >= 4 is 11.9 Å². The number of aryl methyl sites for hydroxylation is 1. The van der Waals surface area contributed by atoms with Gasteiger partial charge in [-0.2, -0.15) is 10.1 Å². The largest absolute Gasteiger partial charge is 0.497 e. The molecule has 1 amide bonds. The van der Waals surface area contributed by atoms with Crippen LogP contribution in [-0.2, 0) is 17.6 Å². The highest BCUT2D eigenvalue weighted by molar-refractivity contribution is 5.92. The summed E-state index contributed by atoms with van der Waals surface area (Å²) in [6.07, 6.45) is 0.567. The Labute approximate surface area is 177 Å². The zero-order valence-corrected chi connectivity index (χ0v) is 17.1. The van der Waals surface area contributed by atoms with Gasteiger partial charge in [0.15, 0.2) is 0 Å². The second kappa shape index (κ2) is 8.78. The summed E-state index contributed by atoms with van der Waals surface area (Å²) in [6.45, 7) is 1.87. The first-order chi connectivity index (χ1) is 15.0. The number of anilines is 1. The van der Waals surface area contributed by atoms with Gasteiger partial charge in [-0.3, -0.25) is 20.3 Å². The van der Waals surface area contributed by atoms with E-state index >= 15 is 0 Å². The lowest BCUT2D eigenvalue weighted by Gasteiger charge is -2.05. The van der Waals surface area contributed by atoms with E-state index < -0.39 is 0 Å². The predicted molar refractivity (Wildman–Crippen MR) is 113 cm³/mol. The fraction of sp³-hybridized carbons (Fsp3) is 0.182. The maximum absolute atomic E-state index is 13.0. The van der Waals surface area contributed by atoms with Crippen LogP contribution in [0, 0.1) is 12.7 Å². The third kappa shape index (κ3) is 4.77. The molecule has 4 rings (SSSR count). The van der Waals surface area contributed by atoms with Crippen molar-refractivity contribution in [2.24, 2.45) is 0 Å². The van der Waals surface area contributed by atoms with E-state index in [-0.39, 0.29) is 24.1 Å². The fourth-order valence-corrected chi connectivity index (χ4v) is 3.21. The predicted octanol–water partition coefficient (Wildman–Crippen LogP) is 3.42. The maximum atomic E-state index is 13.0. The molecule has 9 heteroatoms. The SMILES string of the molecule is COc1ccc(-c2n[nH]c(C)c2CC(=O)Nc2n[nH]c(Cc3ccc(F)cc3)n2)cc1. The van der Waals surface area contributed by atoms with Crippen LogP contribution in [0.3, 0.4) is 0 Å². The highest BCUT2D eigenvalue weighted by atomic mass is 19.1. The van der Waals surface area contributed by atoms with E-state index in [0.717, 1.165) is 28.1 Å². The van der Waals surface area contributed by atoms with Crippen LogP contribution in [0.5, 0.6) is 5.75 Å². The molecule has 2 aromatic heterocycles.